The number of anilines is 1. The summed E-state index contributed by atoms with van der Waals surface area (Å²) in [5.41, 5.74) is 2.16. The molecule has 0 bridgehead atoms. The van der Waals surface area contributed by atoms with Gasteiger partial charge in [0.2, 0.25) is 0 Å². The molecule has 164 valence electrons. The van der Waals surface area contributed by atoms with Gasteiger partial charge in [-0.1, -0.05) is 18.6 Å². The molecule has 1 saturated carbocycles. The molecular weight excluding hydrogens is 495 g/mol. The Bertz CT molecular complexity index is 802. The first-order chi connectivity index (χ1) is 14.1. The van der Waals surface area contributed by atoms with E-state index in [1.165, 1.54) is 25.5 Å². The lowest BCUT2D eigenvalue weighted by molar-refractivity contribution is 0.0732. The molecule has 1 aliphatic rings. The quantitative estimate of drug-likeness (QED) is 0.261. The van der Waals surface area contributed by atoms with E-state index in [4.69, 9.17) is 9.15 Å². The highest BCUT2D eigenvalue weighted by Gasteiger charge is 2.36. The number of methoxy groups -OCH3 is 1. The highest BCUT2D eigenvalue weighted by Crippen LogP contribution is 2.43. The molecule has 0 aliphatic heterocycles. The Hall–Kier alpha value is -2.07. The lowest BCUT2D eigenvalue weighted by atomic mass is 9.67. The number of carbonyl (C=O) groups is 1. The molecule has 2 aromatic rings. The number of carbonyl (C=O) groups excluding carboxylic acids is 1. The van der Waals surface area contributed by atoms with Crippen LogP contribution in [0.15, 0.2) is 52.1 Å². The number of nitrogens with one attached hydrogen (secondary N) is 3. The SMILES string of the molecule is CN=C(NCc1ccc(NC(=O)c2ccco2)cc1)NCC1(CCOC)CCC1.I. The topological polar surface area (TPSA) is 87.9 Å². The molecule has 8 heteroatoms. The molecule has 30 heavy (non-hydrogen) atoms. The van der Waals surface area contributed by atoms with Gasteiger partial charge in [0.1, 0.15) is 0 Å². The van der Waals surface area contributed by atoms with E-state index in [0.29, 0.717) is 17.7 Å². The van der Waals surface area contributed by atoms with Crippen molar-refractivity contribution in [1.82, 2.24) is 10.6 Å². The zero-order valence-electron chi connectivity index (χ0n) is 17.6. The molecule has 0 unspecified atom stereocenters. The van der Waals surface area contributed by atoms with E-state index in [-0.39, 0.29) is 29.9 Å². The summed E-state index contributed by atoms with van der Waals surface area (Å²) in [4.78, 5) is 16.3. The van der Waals surface area contributed by atoms with Gasteiger partial charge in [-0.05, 0) is 54.5 Å². The third-order valence-corrected chi connectivity index (χ3v) is 5.52. The fraction of sp³-hybridized carbons (Fsp3) is 0.455. The molecule has 1 aromatic carbocycles. The second-order valence-electron chi connectivity index (χ2n) is 7.50. The molecule has 1 fully saturated rings. The van der Waals surface area contributed by atoms with Crippen LogP contribution in [0.25, 0.3) is 0 Å². The van der Waals surface area contributed by atoms with E-state index in [2.05, 4.69) is 20.9 Å². The molecule has 1 heterocycles. The van der Waals surface area contributed by atoms with Gasteiger partial charge in [0.05, 0.1) is 6.26 Å². The van der Waals surface area contributed by atoms with Crippen LogP contribution in [0.1, 0.15) is 41.8 Å². The molecule has 0 radical (unpaired) electrons. The Morgan fingerprint density at radius 3 is 2.53 bits per heavy atom. The molecule has 1 aliphatic carbocycles. The fourth-order valence-electron chi connectivity index (χ4n) is 3.49. The minimum atomic E-state index is -0.260. The zero-order chi connectivity index (χ0) is 20.5. The van der Waals surface area contributed by atoms with Crippen molar-refractivity contribution in [3.63, 3.8) is 0 Å². The van der Waals surface area contributed by atoms with Crippen molar-refractivity contribution < 1.29 is 13.9 Å². The van der Waals surface area contributed by atoms with Gasteiger partial charge >= 0.3 is 0 Å². The third kappa shape index (κ3) is 6.73. The van der Waals surface area contributed by atoms with Crippen molar-refractivity contribution in [3.05, 3.63) is 54.0 Å². The summed E-state index contributed by atoms with van der Waals surface area (Å²) in [6, 6.07) is 11.0. The summed E-state index contributed by atoms with van der Waals surface area (Å²) in [6.45, 7) is 2.36. The van der Waals surface area contributed by atoms with Crippen LogP contribution in [0.4, 0.5) is 5.69 Å². The summed E-state index contributed by atoms with van der Waals surface area (Å²) >= 11 is 0. The smallest absolute Gasteiger partial charge is 0.291 e. The number of guanidine groups is 1. The molecule has 3 rings (SSSR count). The van der Waals surface area contributed by atoms with Gasteiger partial charge in [-0.2, -0.15) is 0 Å². The summed E-state index contributed by atoms with van der Waals surface area (Å²) in [5.74, 6) is 0.827. The fourth-order valence-corrected chi connectivity index (χ4v) is 3.49. The number of ether oxygens (including phenoxy) is 1. The molecule has 1 amide bonds. The van der Waals surface area contributed by atoms with Gasteiger partial charge < -0.3 is 25.1 Å². The Kier molecular flexibility index (Phi) is 9.64. The first-order valence-electron chi connectivity index (χ1n) is 10.0. The van der Waals surface area contributed by atoms with E-state index in [0.717, 1.165) is 36.8 Å². The number of furan rings is 1. The van der Waals surface area contributed by atoms with Crippen LogP contribution in [0.5, 0.6) is 0 Å². The lowest BCUT2D eigenvalue weighted by Crippen LogP contribution is -2.46. The largest absolute Gasteiger partial charge is 0.459 e. The number of aliphatic imine (C=N–C) groups is 1. The van der Waals surface area contributed by atoms with Crippen molar-refractivity contribution in [3.8, 4) is 0 Å². The number of nitrogens with zero attached hydrogens (tertiary/aromatic N) is 1. The molecule has 1 aromatic heterocycles. The van der Waals surface area contributed by atoms with E-state index in [1.807, 2.05) is 24.3 Å². The molecule has 3 N–H and O–H groups in total. The van der Waals surface area contributed by atoms with Gasteiger partial charge in [0.25, 0.3) is 5.91 Å². The average Bonchev–Trinajstić information content (AvgIpc) is 3.25. The van der Waals surface area contributed by atoms with Crippen LogP contribution in [-0.2, 0) is 11.3 Å². The minimum absolute atomic E-state index is 0. The van der Waals surface area contributed by atoms with E-state index < -0.39 is 0 Å². The van der Waals surface area contributed by atoms with Crippen molar-refractivity contribution in [2.45, 2.75) is 32.2 Å². The van der Waals surface area contributed by atoms with Gasteiger partial charge in [0.15, 0.2) is 11.7 Å². The maximum atomic E-state index is 12.0. The second kappa shape index (κ2) is 11.9. The molecule has 7 nitrogen and oxygen atoms in total. The Morgan fingerprint density at radius 2 is 1.97 bits per heavy atom. The van der Waals surface area contributed by atoms with Gasteiger partial charge in [-0.25, -0.2) is 0 Å². The average molecular weight is 526 g/mol. The highest BCUT2D eigenvalue weighted by molar-refractivity contribution is 14.0. The van der Waals surface area contributed by atoms with Crippen LogP contribution < -0.4 is 16.0 Å². The normalized spacial score (nSPS) is 14.9. The van der Waals surface area contributed by atoms with Gasteiger partial charge in [-0.15, -0.1) is 24.0 Å². The summed E-state index contributed by atoms with van der Waals surface area (Å²) in [7, 11) is 3.54. The number of rotatable bonds is 9. The van der Waals surface area contributed by atoms with Gasteiger partial charge in [0, 0.05) is 39.5 Å². The highest BCUT2D eigenvalue weighted by atomic mass is 127. The van der Waals surface area contributed by atoms with E-state index in [1.54, 1.807) is 26.3 Å². The first-order valence-corrected chi connectivity index (χ1v) is 10.0. The molecule has 0 atom stereocenters. The lowest BCUT2D eigenvalue weighted by Gasteiger charge is -2.42. The maximum absolute atomic E-state index is 12.0. The Morgan fingerprint density at radius 1 is 1.20 bits per heavy atom. The summed E-state index contributed by atoms with van der Waals surface area (Å²) in [6.07, 6.45) is 6.34. The van der Waals surface area contributed by atoms with E-state index >= 15 is 0 Å². The number of hydrogen-bond donors (Lipinski definition) is 3. The third-order valence-electron chi connectivity index (χ3n) is 5.52. The van der Waals surface area contributed by atoms with Crippen LogP contribution in [0, 0.1) is 5.41 Å². The maximum Gasteiger partial charge on any atom is 0.291 e. The van der Waals surface area contributed by atoms with Crippen LogP contribution in [0.2, 0.25) is 0 Å². The Balaban J connectivity index is 0.00000320. The standard InChI is InChI=1S/C22H30N4O3.HI/c1-23-21(25-16-22(10-4-11-22)12-14-28-2)24-15-17-6-8-18(9-7-17)26-20(27)19-5-3-13-29-19;/h3,5-9,13H,4,10-12,14-16H2,1-2H3,(H,26,27)(H2,23,24,25);1H. The van der Waals surface area contributed by atoms with Crippen molar-refractivity contribution in [1.29, 1.82) is 0 Å². The van der Waals surface area contributed by atoms with Crippen molar-refractivity contribution in [2.75, 3.05) is 32.6 Å². The van der Waals surface area contributed by atoms with Crippen LogP contribution in [0.3, 0.4) is 0 Å². The number of benzene rings is 1. The number of hydrogen-bond acceptors (Lipinski definition) is 4. The van der Waals surface area contributed by atoms with Crippen molar-refractivity contribution >= 4 is 41.5 Å². The molecular formula is C22H31IN4O3. The number of amides is 1. The first kappa shape index (κ1) is 24.2. The van der Waals surface area contributed by atoms with Gasteiger partial charge in [-0.3, -0.25) is 9.79 Å². The van der Waals surface area contributed by atoms with Crippen LogP contribution >= 0.6 is 24.0 Å². The predicted octanol–water partition coefficient (Wildman–Crippen LogP) is 4.02. The van der Waals surface area contributed by atoms with E-state index in [9.17, 15) is 4.79 Å². The van der Waals surface area contributed by atoms with Crippen LogP contribution in [-0.4, -0.2) is 39.2 Å². The predicted molar refractivity (Wildman–Crippen MR) is 129 cm³/mol. The number of halogens is 1. The second-order valence-corrected chi connectivity index (χ2v) is 7.50. The minimum Gasteiger partial charge on any atom is -0.459 e. The summed E-state index contributed by atoms with van der Waals surface area (Å²) in [5, 5.41) is 9.63. The molecule has 0 spiro atoms. The molecule has 0 saturated heterocycles. The summed E-state index contributed by atoms with van der Waals surface area (Å²) < 4.78 is 10.4. The van der Waals surface area contributed by atoms with Crippen molar-refractivity contribution in [2.24, 2.45) is 10.4 Å². The monoisotopic (exact) mass is 526 g/mol. The Labute approximate surface area is 195 Å². The zero-order valence-corrected chi connectivity index (χ0v) is 19.9.